The maximum absolute atomic E-state index is 13.4. The molecular formula is C19H18ClN3O3S2. The summed E-state index contributed by atoms with van der Waals surface area (Å²) in [6.07, 6.45) is 0. The second-order valence-corrected chi connectivity index (χ2v) is 9.60. The van der Waals surface area contributed by atoms with Crippen LogP contribution in [0.1, 0.15) is 0 Å². The van der Waals surface area contributed by atoms with E-state index in [2.05, 4.69) is 5.32 Å². The van der Waals surface area contributed by atoms with Crippen LogP contribution in [0, 0.1) is 0 Å². The first-order valence-corrected chi connectivity index (χ1v) is 11.4. The number of halogens is 1. The van der Waals surface area contributed by atoms with Crippen molar-refractivity contribution in [1.29, 1.82) is 0 Å². The molecule has 1 N–H and O–H groups in total. The Hall–Kier alpha value is -2.29. The molecule has 2 heterocycles. The number of thiophene rings is 1. The lowest BCUT2D eigenvalue weighted by molar-refractivity contribution is 0.218. The highest BCUT2D eigenvalue weighted by Crippen LogP contribution is 2.43. The molecule has 0 saturated carbocycles. The van der Waals surface area contributed by atoms with Crippen LogP contribution in [0.3, 0.4) is 0 Å². The van der Waals surface area contributed by atoms with E-state index in [-0.39, 0.29) is 24.0 Å². The maximum Gasteiger partial charge on any atom is 0.317 e. The van der Waals surface area contributed by atoms with Gasteiger partial charge in [-0.1, -0.05) is 48.0 Å². The second-order valence-electron chi connectivity index (χ2n) is 6.33. The smallest absolute Gasteiger partial charge is 0.317 e. The number of hydrogen-bond donors (Lipinski definition) is 1. The van der Waals surface area contributed by atoms with E-state index < -0.39 is 10.0 Å². The lowest BCUT2D eigenvalue weighted by atomic mass is 10.3. The average Bonchev–Trinajstić information content (AvgIpc) is 3.26. The highest BCUT2D eigenvalue weighted by atomic mass is 35.5. The zero-order valence-corrected chi connectivity index (χ0v) is 17.2. The molecule has 0 unspecified atom stereocenters. The molecule has 6 nitrogen and oxygen atoms in total. The molecular weight excluding hydrogens is 418 g/mol. The molecule has 0 atom stereocenters. The van der Waals surface area contributed by atoms with Gasteiger partial charge in [-0.05, 0) is 18.2 Å². The third-order valence-corrected chi connectivity index (χ3v) is 8.21. The Morgan fingerprint density at radius 1 is 1.11 bits per heavy atom. The summed E-state index contributed by atoms with van der Waals surface area (Å²) in [7, 11) is -3.83. The van der Waals surface area contributed by atoms with E-state index in [9.17, 15) is 13.2 Å². The van der Waals surface area contributed by atoms with Gasteiger partial charge in [0.1, 0.15) is 5.00 Å². The topological polar surface area (TPSA) is 69.7 Å². The van der Waals surface area contributed by atoms with Crippen molar-refractivity contribution in [2.24, 2.45) is 0 Å². The molecule has 3 aromatic rings. The number of urea groups is 1. The number of rotatable bonds is 6. The van der Waals surface area contributed by atoms with Gasteiger partial charge in [0.05, 0.1) is 16.5 Å². The molecule has 2 aromatic carbocycles. The number of fused-ring (bicyclic) bond motifs is 1. The van der Waals surface area contributed by atoms with Gasteiger partial charge in [-0.2, -0.15) is 0 Å². The number of sulfonamides is 1. The summed E-state index contributed by atoms with van der Waals surface area (Å²) in [5, 5.41) is 4.42. The number of benzene rings is 2. The molecule has 1 aliphatic rings. The summed E-state index contributed by atoms with van der Waals surface area (Å²) in [6, 6.07) is 15.6. The van der Waals surface area contributed by atoms with Crippen LogP contribution in [-0.4, -0.2) is 45.5 Å². The van der Waals surface area contributed by atoms with Crippen molar-refractivity contribution in [2.75, 3.05) is 30.5 Å². The fraction of sp³-hybridized carbons (Fsp3) is 0.211. The Bertz CT molecular complexity index is 1120. The van der Waals surface area contributed by atoms with Crippen LogP contribution < -0.4 is 9.62 Å². The summed E-state index contributed by atoms with van der Waals surface area (Å²) in [4.78, 5) is 13.7. The fourth-order valence-electron chi connectivity index (χ4n) is 3.15. The summed E-state index contributed by atoms with van der Waals surface area (Å²) in [6.45, 7) is 1.52. The number of amides is 2. The van der Waals surface area contributed by atoms with Crippen molar-refractivity contribution in [3.63, 3.8) is 0 Å². The lowest BCUT2D eigenvalue weighted by Crippen LogP contribution is -2.39. The zero-order chi connectivity index (χ0) is 19.7. The molecule has 1 saturated heterocycles. The van der Waals surface area contributed by atoms with Gasteiger partial charge in [0.25, 0.3) is 10.0 Å². The molecule has 1 aliphatic heterocycles. The molecule has 0 aliphatic carbocycles. The lowest BCUT2D eigenvalue weighted by Gasteiger charge is -2.25. The molecule has 1 aromatic heterocycles. The predicted molar refractivity (Wildman–Crippen MR) is 113 cm³/mol. The Kier molecular flexibility index (Phi) is 5.18. The van der Waals surface area contributed by atoms with Crippen molar-refractivity contribution in [3.05, 3.63) is 59.6 Å². The first-order valence-electron chi connectivity index (χ1n) is 8.76. The standard InChI is InChI=1S/C19H18ClN3O3S2/c20-17-15-8-4-5-9-16(15)27-18(17)23(13-12-22-11-10-21-19(22)24)28(25,26)14-6-2-1-3-7-14/h1-9H,10-13H2,(H,21,24). The monoisotopic (exact) mass is 435 g/mol. The highest BCUT2D eigenvalue weighted by Gasteiger charge is 2.30. The van der Waals surface area contributed by atoms with Crippen LogP contribution >= 0.6 is 22.9 Å². The minimum atomic E-state index is -3.83. The minimum Gasteiger partial charge on any atom is -0.336 e. The van der Waals surface area contributed by atoms with E-state index in [0.717, 1.165) is 10.1 Å². The van der Waals surface area contributed by atoms with Gasteiger partial charge in [-0.25, -0.2) is 13.2 Å². The SMILES string of the molecule is O=C1NCCN1CCN(c1sc2ccccc2c1Cl)S(=O)(=O)c1ccccc1. The van der Waals surface area contributed by atoms with Gasteiger partial charge in [-0.15, -0.1) is 11.3 Å². The molecule has 2 amide bonds. The number of carbonyl (C=O) groups is 1. The van der Waals surface area contributed by atoms with Gasteiger partial charge in [-0.3, -0.25) is 4.31 Å². The van der Waals surface area contributed by atoms with Gasteiger partial charge in [0.15, 0.2) is 0 Å². The molecule has 28 heavy (non-hydrogen) atoms. The van der Waals surface area contributed by atoms with E-state index >= 15 is 0 Å². The highest BCUT2D eigenvalue weighted by molar-refractivity contribution is 7.93. The van der Waals surface area contributed by atoms with Crippen LogP contribution in [0.5, 0.6) is 0 Å². The minimum absolute atomic E-state index is 0.122. The summed E-state index contributed by atoms with van der Waals surface area (Å²) >= 11 is 7.91. The van der Waals surface area contributed by atoms with E-state index in [4.69, 9.17) is 11.6 Å². The van der Waals surface area contributed by atoms with Crippen LogP contribution in [-0.2, 0) is 10.0 Å². The second kappa shape index (κ2) is 7.62. The summed E-state index contributed by atoms with van der Waals surface area (Å²) in [5.41, 5.74) is 0. The first-order chi connectivity index (χ1) is 13.5. The number of carbonyl (C=O) groups excluding carboxylic acids is 1. The van der Waals surface area contributed by atoms with Crippen LogP contribution in [0.4, 0.5) is 9.80 Å². The first kappa shape index (κ1) is 19.0. The fourth-order valence-corrected chi connectivity index (χ4v) is 6.46. The summed E-state index contributed by atoms with van der Waals surface area (Å²) < 4.78 is 29.0. The number of nitrogens with zero attached hydrogens (tertiary/aromatic N) is 2. The Morgan fingerprint density at radius 2 is 1.82 bits per heavy atom. The third kappa shape index (κ3) is 3.43. The van der Waals surface area contributed by atoms with Crippen molar-refractivity contribution in [1.82, 2.24) is 10.2 Å². The van der Waals surface area contributed by atoms with Gasteiger partial charge >= 0.3 is 6.03 Å². The summed E-state index contributed by atoms with van der Waals surface area (Å²) in [5.74, 6) is 0. The quantitative estimate of drug-likeness (QED) is 0.640. The van der Waals surface area contributed by atoms with Crippen molar-refractivity contribution < 1.29 is 13.2 Å². The van der Waals surface area contributed by atoms with Crippen LogP contribution in [0.2, 0.25) is 5.02 Å². The Balaban J connectivity index is 1.76. The van der Waals surface area contributed by atoms with Crippen molar-refractivity contribution in [2.45, 2.75) is 4.90 Å². The van der Waals surface area contributed by atoms with Gasteiger partial charge < -0.3 is 10.2 Å². The van der Waals surface area contributed by atoms with Crippen molar-refractivity contribution in [3.8, 4) is 0 Å². The molecule has 0 bridgehead atoms. The number of nitrogens with one attached hydrogen (secondary N) is 1. The average molecular weight is 436 g/mol. The largest absolute Gasteiger partial charge is 0.336 e. The molecule has 4 rings (SSSR count). The molecule has 0 radical (unpaired) electrons. The predicted octanol–water partition coefficient (Wildman–Crippen LogP) is 3.78. The van der Waals surface area contributed by atoms with E-state index in [1.807, 2.05) is 24.3 Å². The van der Waals surface area contributed by atoms with E-state index in [1.54, 1.807) is 35.2 Å². The molecule has 0 spiro atoms. The van der Waals surface area contributed by atoms with Crippen LogP contribution in [0.25, 0.3) is 10.1 Å². The van der Waals surface area contributed by atoms with Gasteiger partial charge in [0, 0.05) is 29.7 Å². The Labute approximate surface area is 172 Å². The van der Waals surface area contributed by atoms with Crippen LogP contribution in [0.15, 0.2) is 59.5 Å². The Morgan fingerprint density at radius 3 is 2.50 bits per heavy atom. The molecule has 9 heteroatoms. The van der Waals surface area contributed by atoms with Crippen molar-refractivity contribution >= 4 is 54.1 Å². The number of hydrogen-bond acceptors (Lipinski definition) is 4. The van der Waals surface area contributed by atoms with E-state index in [1.165, 1.54) is 15.6 Å². The molecule has 1 fully saturated rings. The normalized spacial score (nSPS) is 14.5. The number of anilines is 1. The zero-order valence-electron chi connectivity index (χ0n) is 14.8. The van der Waals surface area contributed by atoms with Gasteiger partial charge in [0.2, 0.25) is 0 Å². The van der Waals surface area contributed by atoms with E-state index in [0.29, 0.717) is 23.1 Å². The third-order valence-electron chi connectivity index (χ3n) is 4.59. The molecule has 146 valence electrons. The maximum atomic E-state index is 13.4.